The molecule has 1 heterocycles. The van der Waals surface area contributed by atoms with Crippen LogP contribution in [0.15, 0.2) is 30.3 Å². The lowest BCUT2D eigenvalue weighted by Gasteiger charge is -2.33. The topological polar surface area (TPSA) is 38.1 Å². The quantitative estimate of drug-likeness (QED) is 0.621. The Bertz CT molecular complexity index is 499. The zero-order valence-electron chi connectivity index (χ0n) is 11.8. The molecular weight excluding hydrogens is 236 g/mol. The van der Waals surface area contributed by atoms with Crippen LogP contribution in [-0.4, -0.2) is 21.7 Å². The fourth-order valence-electron chi connectivity index (χ4n) is 3.70. The van der Waals surface area contributed by atoms with E-state index in [0.29, 0.717) is 0 Å². The smallest absolute Gasteiger partial charge is 0.227 e. The summed E-state index contributed by atoms with van der Waals surface area (Å²) in [4.78, 5) is 0. The average molecular weight is 258 g/mol. The molecule has 2 aliphatic rings. The van der Waals surface area contributed by atoms with Crippen LogP contribution in [0.5, 0.6) is 0 Å². The van der Waals surface area contributed by atoms with Gasteiger partial charge >= 0.3 is 0 Å². The molecule has 1 aliphatic heterocycles. The normalized spacial score (nSPS) is 24.9. The monoisotopic (exact) mass is 258 g/mol. The van der Waals surface area contributed by atoms with Crippen LogP contribution in [0.25, 0.3) is 0 Å². The second kappa shape index (κ2) is 4.34. The van der Waals surface area contributed by atoms with Gasteiger partial charge in [-0.15, -0.1) is 0 Å². The van der Waals surface area contributed by atoms with Gasteiger partial charge in [0.05, 0.1) is 0 Å². The second-order valence-corrected chi connectivity index (χ2v) is 6.35. The fraction of sp³-hybridized carbons (Fsp3) is 0.562. The summed E-state index contributed by atoms with van der Waals surface area (Å²) in [6.07, 6.45) is 5.44. The van der Waals surface area contributed by atoms with Gasteiger partial charge in [-0.3, -0.25) is 0 Å². The van der Waals surface area contributed by atoms with Crippen molar-refractivity contribution >= 4 is 5.71 Å². The van der Waals surface area contributed by atoms with E-state index < -0.39 is 0 Å². The highest BCUT2D eigenvalue weighted by Crippen LogP contribution is 2.36. The van der Waals surface area contributed by atoms with E-state index >= 15 is 0 Å². The van der Waals surface area contributed by atoms with E-state index in [2.05, 4.69) is 19.2 Å². The fourth-order valence-corrected chi connectivity index (χ4v) is 3.70. The minimum atomic E-state index is -0.368. The molecule has 0 bridgehead atoms. The molecule has 3 rings (SSSR count). The first kappa shape index (κ1) is 12.7. The number of hydroxylamine groups is 1. The molecule has 1 fully saturated rings. The van der Waals surface area contributed by atoms with Crippen molar-refractivity contribution in [1.29, 1.82) is 0 Å². The maximum atomic E-state index is 12.9. The highest BCUT2D eigenvalue weighted by atomic mass is 16.5. The molecule has 0 unspecified atom stereocenters. The lowest BCUT2D eigenvalue weighted by Crippen LogP contribution is -2.54. The highest BCUT2D eigenvalue weighted by molar-refractivity contribution is 6.04. The van der Waals surface area contributed by atoms with Gasteiger partial charge in [-0.25, -0.2) is 5.32 Å². The van der Waals surface area contributed by atoms with Crippen LogP contribution in [0, 0.1) is 5.21 Å². The number of nitrogens with zero attached hydrogens (tertiary/aromatic N) is 1. The summed E-state index contributed by atoms with van der Waals surface area (Å²) >= 11 is 0. The number of hydrogen-bond acceptors (Lipinski definition) is 2. The molecule has 1 N–H and O–H groups in total. The molecule has 0 radical (unpaired) electrons. The summed E-state index contributed by atoms with van der Waals surface area (Å²) in [5, 5.41) is 16.5. The van der Waals surface area contributed by atoms with E-state index in [1.165, 1.54) is 11.2 Å². The Morgan fingerprint density at radius 3 is 2.32 bits per heavy atom. The molecule has 1 aromatic rings. The third-order valence-electron chi connectivity index (χ3n) is 4.46. The molecule has 1 saturated carbocycles. The minimum Gasteiger partial charge on any atom is -0.622 e. The first-order chi connectivity index (χ1) is 9.05. The molecule has 1 spiro atoms. The molecular formula is C16H22N2O. The van der Waals surface area contributed by atoms with Crippen molar-refractivity contribution < 1.29 is 4.74 Å². The van der Waals surface area contributed by atoms with Crippen LogP contribution in [0.2, 0.25) is 0 Å². The first-order valence-electron chi connectivity index (χ1n) is 7.25. The lowest BCUT2D eigenvalue weighted by atomic mass is 9.88. The van der Waals surface area contributed by atoms with Crippen LogP contribution in [0.3, 0.4) is 0 Å². The Morgan fingerprint density at radius 2 is 1.68 bits per heavy atom. The van der Waals surface area contributed by atoms with E-state index in [4.69, 9.17) is 0 Å². The zero-order chi connectivity index (χ0) is 13.5. The molecule has 0 saturated heterocycles. The summed E-state index contributed by atoms with van der Waals surface area (Å²) in [6, 6.07) is 10.1. The Labute approximate surface area is 114 Å². The SMILES string of the molecule is CC1(C)NC2(CCCCC2)[N+]([O-])=C1c1ccccc1. The van der Waals surface area contributed by atoms with Gasteiger partial charge in [-0.05, 0) is 38.8 Å². The van der Waals surface area contributed by atoms with E-state index in [1.807, 2.05) is 30.3 Å². The first-order valence-corrected chi connectivity index (χ1v) is 7.25. The van der Waals surface area contributed by atoms with Gasteiger partial charge in [-0.1, -0.05) is 24.6 Å². The van der Waals surface area contributed by atoms with Gasteiger partial charge in [-0.2, -0.15) is 4.74 Å². The molecule has 3 heteroatoms. The van der Waals surface area contributed by atoms with Crippen LogP contribution in [0.1, 0.15) is 51.5 Å². The summed E-state index contributed by atoms with van der Waals surface area (Å²) in [5.41, 5.74) is 1.29. The second-order valence-electron chi connectivity index (χ2n) is 6.35. The van der Waals surface area contributed by atoms with E-state index in [1.54, 1.807) is 0 Å². The van der Waals surface area contributed by atoms with E-state index in [0.717, 1.165) is 37.0 Å². The lowest BCUT2D eigenvalue weighted by molar-refractivity contribution is -0.552. The van der Waals surface area contributed by atoms with Crippen LogP contribution in [-0.2, 0) is 0 Å². The van der Waals surface area contributed by atoms with Gasteiger partial charge in [0.25, 0.3) is 0 Å². The predicted molar refractivity (Wildman–Crippen MR) is 77.2 cm³/mol. The Morgan fingerprint density at radius 1 is 1.05 bits per heavy atom. The van der Waals surface area contributed by atoms with Crippen molar-refractivity contribution in [1.82, 2.24) is 5.32 Å². The summed E-state index contributed by atoms with van der Waals surface area (Å²) in [5.74, 6) is 0. The van der Waals surface area contributed by atoms with Crippen molar-refractivity contribution in [2.24, 2.45) is 0 Å². The van der Waals surface area contributed by atoms with E-state index in [-0.39, 0.29) is 11.2 Å². The van der Waals surface area contributed by atoms with Crippen molar-refractivity contribution in [2.45, 2.75) is 57.2 Å². The molecule has 0 aromatic heterocycles. The molecule has 1 aliphatic carbocycles. The van der Waals surface area contributed by atoms with Gasteiger partial charge in [0.1, 0.15) is 5.54 Å². The highest BCUT2D eigenvalue weighted by Gasteiger charge is 2.54. The molecule has 0 atom stereocenters. The molecule has 1 aromatic carbocycles. The summed E-state index contributed by atoms with van der Waals surface area (Å²) in [7, 11) is 0. The molecule has 0 amide bonds. The molecule has 3 nitrogen and oxygen atoms in total. The van der Waals surface area contributed by atoms with Gasteiger partial charge < -0.3 is 5.21 Å². The third kappa shape index (κ3) is 1.96. The maximum Gasteiger partial charge on any atom is 0.227 e. The predicted octanol–water partition coefficient (Wildman–Crippen LogP) is 3.03. The van der Waals surface area contributed by atoms with Gasteiger partial charge in [0.15, 0.2) is 0 Å². The van der Waals surface area contributed by atoms with Gasteiger partial charge in [0, 0.05) is 18.4 Å². The third-order valence-corrected chi connectivity index (χ3v) is 4.46. The summed E-state index contributed by atoms with van der Waals surface area (Å²) < 4.78 is 1.28. The maximum absolute atomic E-state index is 12.9. The zero-order valence-corrected chi connectivity index (χ0v) is 11.8. The Balaban J connectivity index is 2.09. The Kier molecular flexibility index (Phi) is 2.90. The number of hydrogen-bond donors (Lipinski definition) is 1. The number of benzene rings is 1. The van der Waals surface area contributed by atoms with E-state index in [9.17, 15) is 5.21 Å². The Hall–Kier alpha value is -1.35. The largest absolute Gasteiger partial charge is 0.622 e. The number of nitrogens with one attached hydrogen (secondary N) is 1. The number of rotatable bonds is 1. The van der Waals surface area contributed by atoms with Crippen molar-refractivity contribution in [3.63, 3.8) is 0 Å². The summed E-state index contributed by atoms with van der Waals surface area (Å²) in [6.45, 7) is 4.23. The minimum absolute atomic E-state index is 0.263. The van der Waals surface area contributed by atoms with Crippen LogP contribution >= 0.6 is 0 Å². The van der Waals surface area contributed by atoms with Crippen molar-refractivity contribution in [3.8, 4) is 0 Å². The van der Waals surface area contributed by atoms with Crippen LogP contribution < -0.4 is 5.32 Å². The van der Waals surface area contributed by atoms with Gasteiger partial charge in [0.2, 0.25) is 11.4 Å². The van der Waals surface area contributed by atoms with Crippen LogP contribution in [0.4, 0.5) is 0 Å². The van der Waals surface area contributed by atoms with Crippen molar-refractivity contribution in [2.75, 3.05) is 0 Å². The standard InChI is InChI=1S/C16H22N2O/c1-15(2)14(13-9-5-3-6-10-13)18(19)16(17-15)11-7-4-8-12-16/h3,5-6,9-10,17H,4,7-8,11-12H2,1-2H3. The molecule has 19 heavy (non-hydrogen) atoms. The van der Waals surface area contributed by atoms with Crippen molar-refractivity contribution in [3.05, 3.63) is 41.1 Å². The molecule has 102 valence electrons. The average Bonchev–Trinajstić information content (AvgIpc) is 2.58.